The number of sulfonamides is 1. The molecule has 30 heavy (non-hydrogen) atoms. The van der Waals surface area contributed by atoms with Crippen molar-refractivity contribution >= 4 is 21.6 Å². The van der Waals surface area contributed by atoms with Crippen LogP contribution in [0.5, 0.6) is 0 Å². The minimum Gasteiger partial charge on any atom is -0.348 e. The van der Waals surface area contributed by atoms with Gasteiger partial charge in [0.2, 0.25) is 15.9 Å². The molecule has 1 aliphatic rings. The number of hydrogen-bond donors (Lipinski definition) is 1. The Hall–Kier alpha value is -2.34. The Morgan fingerprint density at radius 3 is 2.17 bits per heavy atom. The van der Waals surface area contributed by atoms with Gasteiger partial charge in [0.1, 0.15) is 6.04 Å². The molecule has 0 aromatic heterocycles. The fraction of sp³-hybridized carbons (Fsp3) is 0.458. The number of nitrogens with zero attached hydrogens (tertiary/aromatic N) is 1. The van der Waals surface area contributed by atoms with E-state index in [1.54, 1.807) is 19.1 Å². The predicted molar refractivity (Wildman–Crippen MR) is 122 cm³/mol. The van der Waals surface area contributed by atoms with Crippen molar-refractivity contribution in [3.05, 3.63) is 64.2 Å². The van der Waals surface area contributed by atoms with Crippen molar-refractivity contribution in [2.45, 2.75) is 65.5 Å². The fourth-order valence-corrected chi connectivity index (χ4v) is 5.49. The van der Waals surface area contributed by atoms with Crippen LogP contribution in [-0.2, 0) is 27.7 Å². The SMILES string of the molecule is Cc1cc(C)cc(N([C@@H](C)C(=O)N[C@@H](C)c2ccc3c(c2)CCCC3)S(C)(=O)=O)c1. The van der Waals surface area contributed by atoms with Crippen LogP contribution in [-0.4, -0.2) is 26.6 Å². The maximum atomic E-state index is 13.0. The molecule has 0 heterocycles. The summed E-state index contributed by atoms with van der Waals surface area (Å²) in [6.45, 7) is 7.41. The van der Waals surface area contributed by atoms with Crippen LogP contribution in [0.25, 0.3) is 0 Å². The molecule has 2 aromatic carbocycles. The molecule has 162 valence electrons. The number of benzene rings is 2. The second-order valence-electron chi connectivity index (χ2n) is 8.55. The molecule has 0 bridgehead atoms. The minimum atomic E-state index is -3.64. The Bertz CT molecular complexity index is 1030. The van der Waals surface area contributed by atoms with Crippen LogP contribution in [0.2, 0.25) is 0 Å². The minimum absolute atomic E-state index is 0.201. The predicted octanol–water partition coefficient (Wildman–Crippen LogP) is 4.21. The van der Waals surface area contributed by atoms with Crippen LogP contribution in [0.15, 0.2) is 36.4 Å². The van der Waals surface area contributed by atoms with E-state index in [1.165, 1.54) is 28.3 Å². The molecule has 3 rings (SSSR count). The van der Waals surface area contributed by atoms with Crippen molar-refractivity contribution in [1.82, 2.24) is 5.32 Å². The van der Waals surface area contributed by atoms with Crippen molar-refractivity contribution in [2.75, 3.05) is 10.6 Å². The zero-order valence-electron chi connectivity index (χ0n) is 18.5. The Morgan fingerprint density at radius 1 is 0.967 bits per heavy atom. The summed E-state index contributed by atoms with van der Waals surface area (Å²) >= 11 is 0. The lowest BCUT2D eigenvalue weighted by Gasteiger charge is -2.30. The number of rotatable bonds is 6. The number of anilines is 1. The largest absolute Gasteiger partial charge is 0.348 e. The highest BCUT2D eigenvalue weighted by Crippen LogP contribution is 2.26. The van der Waals surface area contributed by atoms with E-state index < -0.39 is 16.1 Å². The van der Waals surface area contributed by atoms with Gasteiger partial charge in [-0.1, -0.05) is 24.3 Å². The number of aryl methyl sites for hydroxylation is 4. The van der Waals surface area contributed by atoms with E-state index in [9.17, 15) is 13.2 Å². The zero-order chi connectivity index (χ0) is 22.1. The normalized spacial score (nSPS) is 15.8. The number of hydrogen-bond acceptors (Lipinski definition) is 3. The summed E-state index contributed by atoms with van der Waals surface area (Å²) in [5.41, 5.74) is 6.23. The summed E-state index contributed by atoms with van der Waals surface area (Å²) in [5.74, 6) is -0.315. The summed E-state index contributed by atoms with van der Waals surface area (Å²) in [7, 11) is -3.64. The van der Waals surface area contributed by atoms with E-state index in [4.69, 9.17) is 0 Å². The molecule has 0 spiro atoms. The van der Waals surface area contributed by atoms with Gasteiger partial charge in [-0.3, -0.25) is 9.10 Å². The fourth-order valence-electron chi connectivity index (χ4n) is 4.33. The first-order valence-corrected chi connectivity index (χ1v) is 12.4. The van der Waals surface area contributed by atoms with Gasteiger partial charge in [0.25, 0.3) is 0 Å². The van der Waals surface area contributed by atoms with Crippen LogP contribution in [0.3, 0.4) is 0 Å². The lowest BCUT2D eigenvalue weighted by Crippen LogP contribution is -2.48. The van der Waals surface area contributed by atoms with E-state index in [1.807, 2.05) is 26.8 Å². The molecule has 0 saturated carbocycles. The number of carbonyl (C=O) groups is 1. The Kier molecular flexibility index (Phi) is 6.56. The topological polar surface area (TPSA) is 66.5 Å². The van der Waals surface area contributed by atoms with Crippen LogP contribution in [0.1, 0.15) is 60.5 Å². The van der Waals surface area contributed by atoms with Gasteiger partial charge >= 0.3 is 0 Å². The van der Waals surface area contributed by atoms with Gasteiger partial charge in [0.05, 0.1) is 18.0 Å². The Labute approximate surface area is 180 Å². The molecule has 0 unspecified atom stereocenters. The number of carbonyl (C=O) groups excluding carboxylic acids is 1. The average Bonchev–Trinajstić information content (AvgIpc) is 2.65. The molecule has 0 radical (unpaired) electrons. The highest BCUT2D eigenvalue weighted by atomic mass is 32.2. The zero-order valence-corrected chi connectivity index (χ0v) is 19.3. The number of amides is 1. The smallest absolute Gasteiger partial charge is 0.244 e. The quantitative estimate of drug-likeness (QED) is 0.749. The first-order valence-electron chi connectivity index (χ1n) is 10.6. The average molecular weight is 429 g/mol. The second kappa shape index (κ2) is 8.80. The van der Waals surface area contributed by atoms with Gasteiger partial charge in [0.15, 0.2) is 0 Å². The van der Waals surface area contributed by atoms with Gasteiger partial charge in [-0.25, -0.2) is 8.42 Å². The summed E-state index contributed by atoms with van der Waals surface area (Å²) in [5, 5.41) is 3.01. The van der Waals surface area contributed by atoms with Gasteiger partial charge in [-0.05, 0) is 93.3 Å². The summed E-state index contributed by atoms with van der Waals surface area (Å²) < 4.78 is 26.3. The van der Waals surface area contributed by atoms with Gasteiger partial charge in [-0.15, -0.1) is 0 Å². The maximum absolute atomic E-state index is 13.0. The summed E-state index contributed by atoms with van der Waals surface area (Å²) in [6.07, 6.45) is 5.77. The van der Waals surface area contributed by atoms with Crippen LogP contribution >= 0.6 is 0 Å². The van der Waals surface area contributed by atoms with Crippen LogP contribution in [0.4, 0.5) is 5.69 Å². The second-order valence-corrected chi connectivity index (χ2v) is 10.4. The third-order valence-electron chi connectivity index (χ3n) is 5.78. The van der Waals surface area contributed by atoms with Crippen molar-refractivity contribution in [2.24, 2.45) is 0 Å². The third-order valence-corrected chi connectivity index (χ3v) is 7.02. The molecule has 1 N–H and O–H groups in total. The standard InChI is InChI=1S/C24H32N2O3S/c1-16-12-17(2)14-23(13-16)26(30(5,28)29)19(4)24(27)25-18(3)21-11-10-20-8-6-7-9-22(20)15-21/h10-15,18-19H,6-9H2,1-5H3,(H,25,27)/t18-,19-/m0/s1. The molecule has 0 aliphatic heterocycles. The highest BCUT2D eigenvalue weighted by Gasteiger charge is 2.30. The molecular weight excluding hydrogens is 396 g/mol. The molecule has 0 saturated heterocycles. The maximum Gasteiger partial charge on any atom is 0.244 e. The molecule has 1 aliphatic carbocycles. The van der Waals surface area contributed by atoms with E-state index >= 15 is 0 Å². The van der Waals surface area contributed by atoms with E-state index in [2.05, 4.69) is 23.5 Å². The van der Waals surface area contributed by atoms with Gasteiger partial charge in [-0.2, -0.15) is 0 Å². The van der Waals surface area contributed by atoms with Crippen molar-refractivity contribution < 1.29 is 13.2 Å². The number of nitrogens with one attached hydrogen (secondary N) is 1. The van der Waals surface area contributed by atoms with Crippen LogP contribution < -0.4 is 9.62 Å². The van der Waals surface area contributed by atoms with Gasteiger partial charge < -0.3 is 5.32 Å². The van der Waals surface area contributed by atoms with E-state index in [0.29, 0.717) is 5.69 Å². The molecule has 1 amide bonds. The number of fused-ring (bicyclic) bond motifs is 1. The Balaban J connectivity index is 1.81. The summed E-state index contributed by atoms with van der Waals surface area (Å²) in [4.78, 5) is 13.0. The molecular formula is C24H32N2O3S. The third kappa shape index (κ3) is 5.04. The highest BCUT2D eigenvalue weighted by molar-refractivity contribution is 7.92. The molecule has 6 heteroatoms. The lowest BCUT2D eigenvalue weighted by atomic mass is 9.89. The van der Waals surface area contributed by atoms with E-state index in [0.717, 1.165) is 35.8 Å². The molecule has 2 aromatic rings. The Morgan fingerprint density at radius 2 is 1.57 bits per heavy atom. The van der Waals surface area contributed by atoms with Crippen molar-refractivity contribution in [3.8, 4) is 0 Å². The summed E-state index contributed by atoms with van der Waals surface area (Å²) in [6, 6.07) is 10.9. The lowest BCUT2D eigenvalue weighted by molar-refractivity contribution is -0.122. The monoisotopic (exact) mass is 428 g/mol. The van der Waals surface area contributed by atoms with Crippen molar-refractivity contribution in [1.29, 1.82) is 0 Å². The van der Waals surface area contributed by atoms with E-state index in [-0.39, 0.29) is 11.9 Å². The molecule has 2 atom stereocenters. The van der Waals surface area contributed by atoms with Crippen molar-refractivity contribution in [3.63, 3.8) is 0 Å². The first-order chi connectivity index (χ1) is 14.1. The molecule has 5 nitrogen and oxygen atoms in total. The first kappa shape index (κ1) is 22.3. The van der Waals surface area contributed by atoms with Crippen LogP contribution in [0, 0.1) is 13.8 Å². The molecule has 0 fully saturated rings. The van der Waals surface area contributed by atoms with Gasteiger partial charge in [0, 0.05) is 0 Å².